The standard InChI is InChI=1S/C15H26N2O/c1-4-13-8-5-7-12(2)15(13)17-14(11-18-3)9-6-10-16/h5,7-8,14,17H,4,6,9-11,16H2,1-3H3. The molecule has 3 N–H and O–H groups in total. The Kier molecular flexibility index (Phi) is 6.76. The van der Waals surface area contributed by atoms with Gasteiger partial charge in [-0.2, -0.15) is 0 Å². The first-order valence-electron chi connectivity index (χ1n) is 6.77. The predicted molar refractivity (Wildman–Crippen MR) is 78.1 cm³/mol. The summed E-state index contributed by atoms with van der Waals surface area (Å²) in [5.41, 5.74) is 9.51. The number of rotatable bonds is 8. The quantitative estimate of drug-likeness (QED) is 0.746. The van der Waals surface area contributed by atoms with Crippen molar-refractivity contribution in [3.05, 3.63) is 29.3 Å². The largest absolute Gasteiger partial charge is 0.383 e. The molecule has 0 radical (unpaired) electrons. The van der Waals surface area contributed by atoms with Crippen molar-refractivity contribution in [1.29, 1.82) is 0 Å². The first-order valence-corrected chi connectivity index (χ1v) is 6.77. The molecule has 18 heavy (non-hydrogen) atoms. The molecule has 1 aromatic rings. The van der Waals surface area contributed by atoms with E-state index in [1.54, 1.807) is 7.11 Å². The smallest absolute Gasteiger partial charge is 0.0664 e. The Bertz CT molecular complexity index is 352. The van der Waals surface area contributed by atoms with E-state index < -0.39 is 0 Å². The zero-order valence-electron chi connectivity index (χ0n) is 11.8. The molecule has 3 heteroatoms. The molecule has 0 spiro atoms. The molecule has 1 atom stereocenters. The van der Waals surface area contributed by atoms with Gasteiger partial charge in [0.2, 0.25) is 0 Å². The van der Waals surface area contributed by atoms with E-state index in [2.05, 4.69) is 37.4 Å². The lowest BCUT2D eigenvalue weighted by Crippen LogP contribution is -2.26. The lowest BCUT2D eigenvalue weighted by atomic mass is 10.0. The summed E-state index contributed by atoms with van der Waals surface area (Å²) in [7, 11) is 1.75. The highest BCUT2D eigenvalue weighted by Gasteiger charge is 2.11. The number of nitrogens with one attached hydrogen (secondary N) is 1. The van der Waals surface area contributed by atoms with Gasteiger partial charge in [-0.25, -0.2) is 0 Å². The average molecular weight is 250 g/mol. The maximum Gasteiger partial charge on any atom is 0.0664 e. The van der Waals surface area contributed by atoms with Gasteiger partial charge in [0.15, 0.2) is 0 Å². The van der Waals surface area contributed by atoms with Gasteiger partial charge in [0.05, 0.1) is 6.61 Å². The third-order valence-electron chi connectivity index (χ3n) is 3.21. The molecule has 0 aromatic heterocycles. The third-order valence-corrected chi connectivity index (χ3v) is 3.21. The van der Waals surface area contributed by atoms with E-state index in [9.17, 15) is 0 Å². The molecule has 0 fully saturated rings. The van der Waals surface area contributed by atoms with Crippen LogP contribution in [-0.2, 0) is 11.2 Å². The van der Waals surface area contributed by atoms with Crippen LogP contribution in [0.5, 0.6) is 0 Å². The monoisotopic (exact) mass is 250 g/mol. The second-order valence-corrected chi connectivity index (χ2v) is 4.69. The average Bonchev–Trinajstić information content (AvgIpc) is 2.38. The van der Waals surface area contributed by atoms with Gasteiger partial charge in [-0.1, -0.05) is 25.1 Å². The van der Waals surface area contributed by atoms with E-state index in [0.717, 1.165) is 32.4 Å². The topological polar surface area (TPSA) is 47.3 Å². The van der Waals surface area contributed by atoms with Crippen molar-refractivity contribution in [2.45, 2.75) is 39.2 Å². The van der Waals surface area contributed by atoms with Crippen LogP contribution in [0.25, 0.3) is 0 Å². The maximum absolute atomic E-state index is 5.58. The van der Waals surface area contributed by atoms with E-state index in [4.69, 9.17) is 10.5 Å². The first-order chi connectivity index (χ1) is 8.72. The molecule has 0 bridgehead atoms. The Labute approximate surface area is 111 Å². The number of hydrogen-bond acceptors (Lipinski definition) is 3. The van der Waals surface area contributed by atoms with Crippen molar-refractivity contribution in [3.8, 4) is 0 Å². The summed E-state index contributed by atoms with van der Waals surface area (Å²) in [6.45, 7) is 5.78. The summed E-state index contributed by atoms with van der Waals surface area (Å²) in [5, 5.41) is 3.62. The molecule has 0 heterocycles. The minimum absolute atomic E-state index is 0.338. The molecule has 1 unspecified atom stereocenters. The van der Waals surface area contributed by atoms with Gasteiger partial charge < -0.3 is 15.8 Å². The van der Waals surface area contributed by atoms with E-state index in [1.807, 2.05) is 0 Å². The molecule has 0 aliphatic rings. The summed E-state index contributed by atoms with van der Waals surface area (Å²) in [6, 6.07) is 6.78. The fourth-order valence-electron chi connectivity index (χ4n) is 2.20. The molecular weight excluding hydrogens is 224 g/mol. The summed E-state index contributed by atoms with van der Waals surface area (Å²) >= 11 is 0. The van der Waals surface area contributed by atoms with E-state index in [0.29, 0.717) is 6.04 Å². The number of methoxy groups -OCH3 is 1. The number of nitrogens with two attached hydrogens (primary N) is 1. The summed E-state index contributed by atoms with van der Waals surface area (Å²) in [4.78, 5) is 0. The molecule has 3 nitrogen and oxygen atoms in total. The van der Waals surface area contributed by atoms with E-state index >= 15 is 0 Å². The summed E-state index contributed by atoms with van der Waals surface area (Å²) in [5.74, 6) is 0. The Morgan fingerprint density at radius 1 is 1.39 bits per heavy atom. The van der Waals surface area contributed by atoms with Gasteiger partial charge in [-0.15, -0.1) is 0 Å². The van der Waals surface area contributed by atoms with Crippen LogP contribution in [-0.4, -0.2) is 26.3 Å². The lowest BCUT2D eigenvalue weighted by molar-refractivity contribution is 0.182. The number of hydrogen-bond donors (Lipinski definition) is 2. The highest BCUT2D eigenvalue weighted by molar-refractivity contribution is 5.57. The molecular formula is C15H26N2O. The van der Waals surface area contributed by atoms with Crippen LogP contribution in [0.3, 0.4) is 0 Å². The Morgan fingerprint density at radius 2 is 2.17 bits per heavy atom. The van der Waals surface area contributed by atoms with Crippen LogP contribution in [0.4, 0.5) is 5.69 Å². The van der Waals surface area contributed by atoms with Crippen molar-refractivity contribution in [3.63, 3.8) is 0 Å². The third kappa shape index (κ3) is 4.31. The molecule has 0 aliphatic carbocycles. The van der Waals surface area contributed by atoms with Gasteiger partial charge in [0, 0.05) is 18.8 Å². The molecule has 1 rings (SSSR count). The van der Waals surface area contributed by atoms with Crippen LogP contribution in [0.15, 0.2) is 18.2 Å². The highest BCUT2D eigenvalue weighted by atomic mass is 16.5. The van der Waals surface area contributed by atoms with Crippen molar-refractivity contribution < 1.29 is 4.74 Å². The molecule has 102 valence electrons. The van der Waals surface area contributed by atoms with Gasteiger partial charge in [-0.3, -0.25) is 0 Å². The van der Waals surface area contributed by atoms with Crippen LogP contribution in [0.2, 0.25) is 0 Å². The maximum atomic E-state index is 5.58. The number of ether oxygens (including phenoxy) is 1. The minimum Gasteiger partial charge on any atom is -0.383 e. The summed E-state index contributed by atoms with van der Waals surface area (Å²) in [6.07, 6.45) is 3.11. The first kappa shape index (κ1) is 15.0. The zero-order chi connectivity index (χ0) is 13.4. The Hall–Kier alpha value is -1.06. The lowest BCUT2D eigenvalue weighted by Gasteiger charge is -2.22. The van der Waals surface area contributed by atoms with Gasteiger partial charge in [0.25, 0.3) is 0 Å². The van der Waals surface area contributed by atoms with Crippen molar-refractivity contribution in [2.75, 3.05) is 25.6 Å². The highest BCUT2D eigenvalue weighted by Crippen LogP contribution is 2.22. The molecule has 0 saturated heterocycles. The van der Waals surface area contributed by atoms with E-state index in [1.165, 1.54) is 16.8 Å². The number of anilines is 1. The van der Waals surface area contributed by atoms with Crippen LogP contribution < -0.4 is 11.1 Å². The van der Waals surface area contributed by atoms with Gasteiger partial charge in [-0.05, 0) is 43.9 Å². The van der Waals surface area contributed by atoms with Gasteiger partial charge in [0.1, 0.15) is 0 Å². The molecule has 0 aliphatic heterocycles. The molecule has 0 amide bonds. The SMILES string of the molecule is CCc1cccc(C)c1NC(CCCN)COC. The van der Waals surface area contributed by atoms with Crippen molar-refractivity contribution in [2.24, 2.45) is 5.73 Å². The summed E-state index contributed by atoms with van der Waals surface area (Å²) < 4.78 is 5.28. The second-order valence-electron chi connectivity index (χ2n) is 4.69. The second kappa shape index (κ2) is 8.11. The predicted octanol–water partition coefficient (Wildman–Crippen LogP) is 2.72. The number of benzene rings is 1. The zero-order valence-corrected chi connectivity index (χ0v) is 11.8. The van der Waals surface area contributed by atoms with Crippen LogP contribution in [0, 0.1) is 6.92 Å². The van der Waals surface area contributed by atoms with E-state index in [-0.39, 0.29) is 0 Å². The normalized spacial score (nSPS) is 12.4. The molecule has 1 aromatic carbocycles. The molecule has 0 saturated carbocycles. The van der Waals surface area contributed by atoms with Gasteiger partial charge >= 0.3 is 0 Å². The fraction of sp³-hybridized carbons (Fsp3) is 0.600. The Balaban J connectivity index is 2.78. The Morgan fingerprint density at radius 3 is 2.78 bits per heavy atom. The number of para-hydroxylation sites is 1. The fourth-order valence-corrected chi connectivity index (χ4v) is 2.20. The van der Waals surface area contributed by atoms with Crippen molar-refractivity contribution in [1.82, 2.24) is 0 Å². The van der Waals surface area contributed by atoms with Crippen molar-refractivity contribution >= 4 is 5.69 Å². The van der Waals surface area contributed by atoms with Crippen LogP contribution in [0.1, 0.15) is 30.9 Å². The van der Waals surface area contributed by atoms with Crippen LogP contribution >= 0.6 is 0 Å². The number of aryl methyl sites for hydroxylation is 2. The minimum atomic E-state index is 0.338.